The van der Waals surface area contributed by atoms with Crippen LogP contribution in [0.2, 0.25) is 0 Å². The van der Waals surface area contributed by atoms with Crippen LogP contribution in [-0.2, 0) is 22.8 Å². The van der Waals surface area contributed by atoms with Crippen LogP contribution >= 0.6 is 15.9 Å². The summed E-state index contributed by atoms with van der Waals surface area (Å²) in [5.74, 6) is -0.772. The smallest absolute Gasteiger partial charge is 0.335 e. The van der Waals surface area contributed by atoms with Gasteiger partial charge in [0.05, 0.1) is 10.2 Å². The molecule has 1 heterocycles. The Labute approximate surface area is 244 Å². The largest absolute Gasteiger partial charge is 0.489 e. The Balaban J connectivity index is 1.28. The first-order chi connectivity index (χ1) is 19.8. The van der Waals surface area contributed by atoms with Crippen molar-refractivity contribution in [1.29, 1.82) is 0 Å². The molecule has 0 saturated carbocycles. The zero-order chi connectivity index (χ0) is 28.9. The third-order valence-corrected chi connectivity index (χ3v) is 6.92. The number of hydrogen-bond acceptors (Lipinski definition) is 5. The highest BCUT2D eigenvalue weighted by molar-refractivity contribution is 9.10. The SMILES string of the molecule is Cc1ccc(COc2ccc(N3C(=O)NC(=O)/C(=C\c4ccc(OCc5ccc(F)cc5)c(Br)c4)C3=O)cc2)cc1. The summed E-state index contributed by atoms with van der Waals surface area (Å²) < 4.78 is 25.3. The second-order valence-electron chi connectivity index (χ2n) is 9.33. The van der Waals surface area contributed by atoms with Crippen molar-refractivity contribution in [2.45, 2.75) is 20.1 Å². The molecule has 1 N–H and O–H groups in total. The van der Waals surface area contributed by atoms with Crippen molar-refractivity contribution >= 4 is 45.5 Å². The number of rotatable bonds is 8. The van der Waals surface area contributed by atoms with Crippen LogP contribution in [0.4, 0.5) is 14.9 Å². The highest BCUT2D eigenvalue weighted by Crippen LogP contribution is 2.29. The molecule has 206 valence electrons. The Morgan fingerprint density at radius 2 is 1.46 bits per heavy atom. The van der Waals surface area contributed by atoms with Crippen LogP contribution < -0.4 is 19.7 Å². The monoisotopic (exact) mass is 614 g/mol. The van der Waals surface area contributed by atoms with Crippen molar-refractivity contribution in [3.05, 3.63) is 129 Å². The Bertz CT molecular complexity index is 1630. The summed E-state index contributed by atoms with van der Waals surface area (Å²) in [6.45, 7) is 2.61. The maximum absolute atomic E-state index is 13.3. The van der Waals surface area contributed by atoms with E-state index in [-0.39, 0.29) is 18.0 Å². The molecule has 1 aliphatic heterocycles. The predicted molar refractivity (Wildman–Crippen MR) is 156 cm³/mol. The molecule has 0 bridgehead atoms. The first-order valence-electron chi connectivity index (χ1n) is 12.6. The van der Waals surface area contributed by atoms with Crippen molar-refractivity contribution in [3.8, 4) is 11.5 Å². The third-order valence-electron chi connectivity index (χ3n) is 6.30. The predicted octanol–water partition coefficient (Wildman–Crippen LogP) is 6.72. The summed E-state index contributed by atoms with van der Waals surface area (Å²) in [7, 11) is 0. The van der Waals surface area contributed by atoms with Crippen molar-refractivity contribution < 1.29 is 28.2 Å². The fraction of sp³-hybridized carbons (Fsp3) is 0.0938. The Morgan fingerprint density at radius 1 is 0.829 bits per heavy atom. The van der Waals surface area contributed by atoms with Crippen molar-refractivity contribution in [3.63, 3.8) is 0 Å². The molecule has 41 heavy (non-hydrogen) atoms. The number of benzene rings is 4. The Morgan fingerprint density at radius 3 is 2.12 bits per heavy atom. The van der Waals surface area contributed by atoms with Crippen LogP contribution in [-0.4, -0.2) is 17.8 Å². The maximum Gasteiger partial charge on any atom is 0.335 e. The fourth-order valence-corrected chi connectivity index (χ4v) is 4.58. The molecule has 5 rings (SSSR count). The summed E-state index contributed by atoms with van der Waals surface area (Å²) in [6.07, 6.45) is 1.41. The number of carbonyl (C=O) groups is 3. The number of anilines is 1. The van der Waals surface area contributed by atoms with Gasteiger partial charge in [0.2, 0.25) is 0 Å². The van der Waals surface area contributed by atoms with E-state index in [1.165, 1.54) is 18.2 Å². The first-order valence-corrected chi connectivity index (χ1v) is 13.4. The van der Waals surface area contributed by atoms with Gasteiger partial charge in [-0.25, -0.2) is 14.1 Å². The summed E-state index contributed by atoms with van der Waals surface area (Å²) >= 11 is 3.45. The van der Waals surface area contributed by atoms with Crippen molar-refractivity contribution in [2.75, 3.05) is 4.90 Å². The van der Waals surface area contributed by atoms with Gasteiger partial charge in [0.15, 0.2) is 0 Å². The number of aryl methyl sites for hydroxylation is 1. The lowest BCUT2D eigenvalue weighted by Gasteiger charge is -2.26. The number of barbiturate groups is 1. The maximum atomic E-state index is 13.3. The highest BCUT2D eigenvalue weighted by Gasteiger charge is 2.36. The molecule has 4 aromatic rings. The van der Waals surface area contributed by atoms with E-state index in [0.29, 0.717) is 33.8 Å². The average Bonchev–Trinajstić information content (AvgIpc) is 2.96. The second-order valence-corrected chi connectivity index (χ2v) is 10.2. The minimum Gasteiger partial charge on any atom is -0.489 e. The Hall–Kier alpha value is -4.76. The van der Waals surface area contributed by atoms with Gasteiger partial charge in [0, 0.05) is 0 Å². The number of nitrogens with one attached hydrogen (secondary N) is 1. The molecule has 1 fully saturated rings. The van der Waals surface area contributed by atoms with E-state index in [1.54, 1.807) is 54.6 Å². The normalized spacial score (nSPS) is 14.3. The van der Waals surface area contributed by atoms with E-state index >= 15 is 0 Å². The molecule has 0 unspecified atom stereocenters. The van der Waals surface area contributed by atoms with Gasteiger partial charge in [-0.05, 0) is 94.2 Å². The van der Waals surface area contributed by atoms with E-state index in [0.717, 1.165) is 21.6 Å². The second kappa shape index (κ2) is 12.2. The molecule has 7 nitrogen and oxygen atoms in total. The van der Waals surface area contributed by atoms with E-state index in [2.05, 4.69) is 21.2 Å². The number of ether oxygens (including phenoxy) is 2. The summed E-state index contributed by atoms with van der Waals surface area (Å²) in [5, 5.41) is 2.23. The van der Waals surface area contributed by atoms with Gasteiger partial charge in [-0.3, -0.25) is 14.9 Å². The first kappa shape index (κ1) is 27.8. The molecule has 0 atom stereocenters. The zero-order valence-electron chi connectivity index (χ0n) is 21.9. The molecule has 4 amide bonds. The minimum absolute atomic E-state index is 0.198. The van der Waals surface area contributed by atoms with Crippen LogP contribution in [0.25, 0.3) is 6.08 Å². The van der Waals surface area contributed by atoms with Gasteiger partial charge in [0.25, 0.3) is 11.8 Å². The average molecular weight is 615 g/mol. The van der Waals surface area contributed by atoms with E-state index in [1.807, 2.05) is 31.2 Å². The lowest BCUT2D eigenvalue weighted by Crippen LogP contribution is -2.54. The molecular formula is C32H24BrFN2O5. The number of halogens is 2. The van der Waals surface area contributed by atoms with Crippen LogP contribution in [0.15, 0.2) is 101 Å². The lowest BCUT2D eigenvalue weighted by atomic mass is 10.1. The van der Waals surface area contributed by atoms with Gasteiger partial charge in [-0.1, -0.05) is 48.0 Å². The fourth-order valence-electron chi connectivity index (χ4n) is 4.07. The minimum atomic E-state index is -0.837. The van der Waals surface area contributed by atoms with Crippen LogP contribution in [0, 0.1) is 12.7 Å². The number of imide groups is 2. The molecule has 1 saturated heterocycles. The molecule has 0 radical (unpaired) electrons. The summed E-state index contributed by atoms with van der Waals surface area (Å²) in [4.78, 5) is 39.4. The molecule has 9 heteroatoms. The lowest BCUT2D eigenvalue weighted by molar-refractivity contribution is -0.122. The molecule has 0 aromatic heterocycles. The molecule has 0 aliphatic carbocycles. The van der Waals surface area contributed by atoms with Crippen LogP contribution in [0.3, 0.4) is 0 Å². The standard InChI is InChI=1S/C32H24BrFN2O5/c1-20-2-4-21(5-3-20)18-40-26-13-11-25(12-14-26)36-31(38)27(30(37)35-32(36)39)16-23-8-15-29(28(33)17-23)41-19-22-6-9-24(34)10-7-22/h2-17H,18-19H2,1H3,(H,35,37,39)/b27-16+. The van der Waals surface area contributed by atoms with Crippen LogP contribution in [0.1, 0.15) is 22.3 Å². The van der Waals surface area contributed by atoms with Gasteiger partial charge in [-0.15, -0.1) is 0 Å². The van der Waals surface area contributed by atoms with E-state index < -0.39 is 17.8 Å². The van der Waals surface area contributed by atoms with Crippen molar-refractivity contribution in [2.24, 2.45) is 0 Å². The number of urea groups is 1. The number of carbonyl (C=O) groups excluding carboxylic acids is 3. The quantitative estimate of drug-likeness (QED) is 0.176. The highest BCUT2D eigenvalue weighted by atomic mass is 79.9. The van der Waals surface area contributed by atoms with Crippen LogP contribution in [0.5, 0.6) is 11.5 Å². The van der Waals surface area contributed by atoms with Gasteiger partial charge in [0.1, 0.15) is 36.1 Å². The Kier molecular flexibility index (Phi) is 8.26. The number of nitrogens with zero attached hydrogens (tertiary/aromatic N) is 1. The van der Waals surface area contributed by atoms with Crippen molar-refractivity contribution in [1.82, 2.24) is 5.32 Å². The van der Waals surface area contributed by atoms with Gasteiger partial charge < -0.3 is 9.47 Å². The molecule has 0 spiro atoms. The van der Waals surface area contributed by atoms with E-state index in [4.69, 9.17) is 9.47 Å². The van der Waals surface area contributed by atoms with Gasteiger partial charge in [-0.2, -0.15) is 0 Å². The van der Waals surface area contributed by atoms with E-state index in [9.17, 15) is 18.8 Å². The third kappa shape index (κ3) is 6.70. The molecule has 1 aliphatic rings. The molecule has 4 aromatic carbocycles. The summed E-state index contributed by atoms with van der Waals surface area (Å²) in [5.41, 5.74) is 3.60. The molecular weight excluding hydrogens is 591 g/mol. The number of hydrogen-bond donors (Lipinski definition) is 1. The summed E-state index contributed by atoms with van der Waals surface area (Å²) in [6, 6.07) is 24.7. The number of amides is 4. The zero-order valence-corrected chi connectivity index (χ0v) is 23.5. The van der Waals surface area contributed by atoms with Gasteiger partial charge >= 0.3 is 6.03 Å². The topological polar surface area (TPSA) is 84.9 Å².